The lowest BCUT2D eigenvalue weighted by atomic mass is 10.2. The van der Waals surface area contributed by atoms with Crippen LogP contribution in [0.1, 0.15) is 12.3 Å². The van der Waals surface area contributed by atoms with Gasteiger partial charge in [0.25, 0.3) is 0 Å². The van der Waals surface area contributed by atoms with Gasteiger partial charge in [0, 0.05) is 18.9 Å². The first-order valence-electron chi connectivity index (χ1n) is 6.15. The largest absolute Gasteiger partial charge is 0.441 e. The van der Waals surface area contributed by atoms with Crippen LogP contribution in [0.2, 0.25) is 0 Å². The second-order valence-corrected chi connectivity index (χ2v) is 6.29. The van der Waals surface area contributed by atoms with E-state index in [0.717, 1.165) is 18.4 Å². The average Bonchev–Trinajstić information content (AvgIpc) is 2.83. The zero-order valence-corrected chi connectivity index (χ0v) is 12.3. The first kappa shape index (κ1) is 16.1. The number of nitrogens with one attached hydrogen (secondary N) is 1. The maximum atomic E-state index is 13.6. The number of aryl methyl sites for hydroxylation is 1. The molecule has 0 aliphatic carbocycles. The van der Waals surface area contributed by atoms with Crippen molar-refractivity contribution >= 4 is 15.9 Å². The standard InChI is InChI=1S/C13H12F2N2O4S/c1-22(19,20)17-12(18)4-5-13-16-7-11(21-13)9-3-2-8(14)6-10(9)15/h2-3,6-7H,4-5H2,1H3,(H,17,18). The second-order valence-electron chi connectivity index (χ2n) is 4.54. The quantitative estimate of drug-likeness (QED) is 0.900. The average molecular weight is 330 g/mol. The number of aromatic nitrogens is 1. The molecule has 0 spiro atoms. The molecule has 0 saturated carbocycles. The third-order valence-corrected chi connectivity index (χ3v) is 3.21. The van der Waals surface area contributed by atoms with Gasteiger partial charge >= 0.3 is 0 Å². The zero-order chi connectivity index (χ0) is 16.3. The summed E-state index contributed by atoms with van der Waals surface area (Å²) in [5.74, 6) is -1.97. The van der Waals surface area contributed by atoms with E-state index in [-0.39, 0.29) is 30.1 Å². The number of hydrogen-bond donors (Lipinski definition) is 1. The minimum Gasteiger partial charge on any atom is -0.441 e. The highest BCUT2D eigenvalue weighted by Gasteiger charge is 2.14. The van der Waals surface area contributed by atoms with Crippen molar-refractivity contribution in [3.8, 4) is 11.3 Å². The van der Waals surface area contributed by atoms with Gasteiger partial charge in [0.2, 0.25) is 15.9 Å². The van der Waals surface area contributed by atoms with E-state index in [1.807, 2.05) is 0 Å². The highest BCUT2D eigenvalue weighted by atomic mass is 32.2. The van der Waals surface area contributed by atoms with Crippen molar-refractivity contribution in [1.82, 2.24) is 9.71 Å². The number of carbonyl (C=O) groups excluding carboxylic acids is 1. The van der Waals surface area contributed by atoms with E-state index in [9.17, 15) is 22.0 Å². The van der Waals surface area contributed by atoms with Crippen molar-refractivity contribution in [2.45, 2.75) is 12.8 Å². The van der Waals surface area contributed by atoms with Gasteiger partial charge in [0.05, 0.1) is 18.0 Å². The third kappa shape index (κ3) is 4.35. The van der Waals surface area contributed by atoms with Gasteiger partial charge in [-0.1, -0.05) is 0 Å². The van der Waals surface area contributed by atoms with E-state index in [4.69, 9.17) is 4.42 Å². The number of benzene rings is 1. The summed E-state index contributed by atoms with van der Waals surface area (Å²) in [6.07, 6.45) is 2.01. The predicted molar refractivity (Wildman–Crippen MR) is 73.2 cm³/mol. The summed E-state index contributed by atoms with van der Waals surface area (Å²) in [5.41, 5.74) is 0.0423. The van der Waals surface area contributed by atoms with Crippen LogP contribution in [0.25, 0.3) is 11.3 Å². The number of nitrogens with zero attached hydrogens (tertiary/aromatic N) is 1. The van der Waals surface area contributed by atoms with Gasteiger partial charge in [-0.25, -0.2) is 22.2 Å². The highest BCUT2D eigenvalue weighted by molar-refractivity contribution is 7.89. The molecular formula is C13H12F2N2O4S. The summed E-state index contributed by atoms with van der Waals surface area (Å²) in [5, 5.41) is 0. The molecule has 0 aliphatic heterocycles. The molecule has 9 heteroatoms. The molecule has 1 amide bonds. The number of carbonyl (C=O) groups is 1. The molecule has 2 aromatic rings. The van der Waals surface area contributed by atoms with Crippen LogP contribution >= 0.6 is 0 Å². The van der Waals surface area contributed by atoms with E-state index >= 15 is 0 Å². The molecule has 1 heterocycles. The summed E-state index contributed by atoms with van der Waals surface area (Å²) >= 11 is 0. The van der Waals surface area contributed by atoms with Crippen molar-refractivity contribution < 1.29 is 26.4 Å². The Balaban J connectivity index is 2.04. The number of amides is 1. The van der Waals surface area contributed by atoms with Crippen LogP contribution in [0.3, 0.4) is 0 Å². The molecule has 6 nitrogen and oxygen atoms in total. The Morgan fingerprint density at radius 2 is 2.09 bits per heavy atom. The van der Waals surface area contributed by atoms with Gasteiger partial charge in [-0.15, -0.1) is 0 Å². The fourth-order valence-corrected chi connectivity index (χ4v) is 2.23. The van der Waals surface area contributed by atoms with E-state index < -0.39 is 27.6 Å². The number of oxazole rings is 1. The molecule has 0 bridgehead atoms. The monoisotopic (exact) mass is 330 g/mol. The summed E-state index contributed by atoms with van der Waals surface area (Å²) < 4.78 is 55.2. The van der Waals surface area contributed by atoms with Gasteiger partial charge < -0.3 is 4.42 Å². The lowest BCUT2D eigenvalue weighted by molar-refractivity contribution is -0.119. The van der Waals surface area contributed by atoms with Crippen LogP contribution in [-0.2, 0) is 21.2 Å². The predicted octanol–water partition coefficient (Wildman–Crippen LogP) is 1.63. The number of halogens is 2. The first-order valence-corrected chi connectivity index (χ1v) is 8.04. The zero-order valence-electron chi connectivity index (χ0n) is 11.5. The van der Waals surface area contributed by atoms with Gasteiger partial charge in [-0.2, -0.15) is 0 Å². The third-order valence-electron chi connectivity index (χ3n) is 2.62. The molecule has 0 unspecified atom stereocenters. The maximum Gasteiger partial charge on any atom is 0.233 e. The van der Waals surface area contributed by atoms with Gasteiger partial charge in [-0.05, 0) is 12.1 Å². The van der Waals surface area contributed by atoms with Crippen molar-refractivity contribution in [3.05, 3.63) is 41.9 Å². The van der Waals surface area contributed by atoms with Crippen molar-refractivity contribution in [3.63, 3.8) is 0 Å². The molecule has 0 radical (unpaired) electrons. The molecule has 22 heavy (non-hydrogen) atoms. The number of rotatable bonds is 5. The number of hydrogen-bond acceptors (Lipinski definition) is 5. The van der Waals surface area contributed by atoms with Crippen LogP contribution in [0.5, 0.6) is 0 Å². The van der Waals surface area contributed by atoms with Gasteiger partial charge in [0.1, 0.15) is 11.6 Å². The van der Waals surface area contributed by atoms with Gasteiger partial charge in [0.15, 0.2) is 11.7 Å². The molecule has 0 atom stereocenters. The van der Waals surface area contributed by atoms with Crippen LogP contribution in [0, 0.1) is 11.6 Å². The molecule has 2 rings (SSSR count). The first-order chi connectivity index (χ1) is 10.2. The minimum atomic E-state index is -3.61. The smallest absolute Gasteiger partial charge is 0.233 e. The maximum absolute atomic E-state index is 13.6. The Kier molecular flexibility index (Phi) is 4.55. The van der Waals surface area contributed by atoms with Crippen LogP contribution in [0.15, 0.2) is 28.8 Å². The van der Waals surface area contributed by atoms with Crippen molar-refractivity contribution in [2.75, 3.05) is 6.26 Å². The van der Waals surface area contributed by atoms with Crippen LogP contribution in [-0.4, -0.2) is 25.6 Å². The summed E-state index contributed by atoms with van der Waals surface area (Å²) in [6, 6.07) is 3.02. The molecular weight excluding hydrogens is 318 g/mol. The molecule has 1 N–H and O–H groups in total. The van der Waals surface area contributed by atoms with Crippen LogP contribution < -0.4 is 4.72 Å². The second kappa shape index (κ2) is 6.22. The minimum absolute atomic E-state index is 0.0423. The Morgan fingerprint density at radius 3 is 2.73 bits per heavy atom. The van der Waals surface area contributed by atoms with Crippen molar-refractivity contribution in [2.24, 2.45) is 0 Å². The Hall–Kier alpha value is -2.29. The van der Waals surface area contributed by atoms with Crippen molar-refractivity contribution in [1.29, 1.82) is 0 Å². The Labute approximate surface area is 125 Å². The lowest BCUT2D eigenvalue weighted by Gasteiger charge is -2.01. The van der Waals surface area contributed by atoms with E-state index in [0.29, 0.717) is 0 Å². The van der Waals surface area contributed by atoms with E-state index in [1.54, 1.807) is 4.72 Å². The Morgan fingerprint density at radius 1 is 1.36 bits per heavy atom. The molecule has 1 aromatic heterocycles. The molecule has 0 saturated heterocycles. The normalized spacial score (nSPS) is 11.4. The van der Waals surface area contributed by atoms with Crippen LogP contribution in [0.4, 0.5) is 8.78 Å². The summed E-state index contributed by atoms with van der Waals surface area (Å²) in [4.78, 5) is 15.2. The van der Waals surface area contributed by atoms with Gasteiger partial charge in [-0.3, -0.25) is 9.52 Å². The summed E-state index contributed by atoms with van der Waals surface area (Å²) in [6.45, 7) is 0. The fraction of sp³-hybridized carbons (Fsp3) is 0.231. The highest BCUT2D eigenvalue weighted by Crippen LogP contribution is 2.24. The topological polar surface area (TPSA) is 89.3 Å². The Bertz CT molecular complexity index is 802. The lowest BCUT2D eigenvalue weighted by Crippen LogP contribution is -2.29. The van der Waals surface area contributed by atoms with E-state index in [2.05, 4.69) is 4.98 Å². The SMILES string of the molecule is CS(=O)(=O)NC(=O)CCc1ncc(-c2ccc(F)cc2F)o1. The molecule has 118 valence electrons. The summed E-state index contributed by atoms with van der Waals surface area (Å²) in [7, 11) is -3.61. The molecule has 0 fully saturated rings. The van der Waals surface area contributed by atoms with E-state index in [1.165, 1.54) is 12.3 Å². The molecule has 1 aromatic carbocycles. The fourth-order valence-electron chi connectivity index (χ4n) is 1.72. The molecule has 0 aliphatic rings. The number of sulfonamides is 1.